The number of halogens is 4. The topological polar surface area (TPSA) is 59.2 Å². The molecule has 2 rings (SSSR count). The number of aromatic nitrogens is 1. The Labute approximate surface area is 130 Å². The minimum atomic E-state index is -4.26. The molecule has 4 nitrogen and oxygen atoms in total. The zero-order chi connectivity index (χ0) is 14.8. The molecule has 0 bridgehead atoms. The number of nitrogens with two attached hydrogens (primary N) is 1. The van der Waals surface area contributed by atoms with Crippen molar-refractivity contribution in [1.29, 1.82) is 0 Å². The summed E-state index contributed by atoms with van der Waals surface area (Å²) in [5.41, 5.74) is 5.61. The Morgan fingerprint density at radius 1 is 1.48 bits per heavy atom. The monoisotopic (exact) mass is 343 g/mol. The Morgan fingerprint density at radius 2 is 2.14 bits per heavy atom. The highest BCUT2D eigenvalue weighted by atomic mass is 35.5. The van der Waals surface area contributed by atoms with Crippen LogP contribution in [0.5, 0.6) is 0 Å². The largest absolute Gasteiger partial charge is 0.390 e. The van der Waals surface area contributed by atoms with E-state index in [4.69, 9.17) is 5.73 Å². The average Bonchev–Trinajstić information content (AvgIpc) is 3.06. The molecule has 0 radical (unpaired) electrons. The third-order valence-corrected chi connectivity index (χ3v) is 3.94. The Balaban J connectivity index is 0.00000220. The summed E-state index contributed by atoms with van der Waals surface area (Å²) in [6.45, 7) is 0.293. The second-order valence-corrected chi connectivity index (χ2v) is 5.83. The number of rotatable bonds is 6. The van der Waals surface area contributed by atoms with Crippen LogP contribution in [0.1, 0.15) is 34.8 Å². The van der Waals surface area contributed by atoms with Crippen LogP contribution < -0.4 is 5.73 Å². The summed E-state index contributed by atoms with van der Waals surface area (Å²) in [6, 6.07) is 0. The van der Waals surface area contributed by atoms with Gasteiger partial charge in [0, 0.05) is 25.0 Å². The average molecular weight is 344 g/mol. The number of thiazole rings is 1. The number of alkyl halides is 3. The van der Waals surface area contributed by atoms with Crippen molar-refractivity contribution in [2.24, 2.45) is 11.7 Å². The Kier molecular flexibility index (Phi) is 6.42. The van der Waals surface area contributed by atoms with E-state index in [0.717, 1.165) is 12.8 Å². The van der Waals surface area contributed by atoms with E-state index in [1.54, 1.807) is 5.38 Å². The van der Waals surface area contributed by atoms with Gasteiger partial charge in [-0.15, -0.1) is 23.7 Å². The molecule has 1 aromatic heterocycles. The van der Waals surface area contributed by atoms with Crippen molar-refractivity contribution in [2.75, 3.05) is 13.1 Å². The third-order valence-electron chi connectivity index (χ3n) is 3.07. The molecule has 1 amide bonds. The number of hydrogen-bond acceptors (Lipinski definition) is 4. The highest BCUT2D eigenvalue weighted by molar-refractivity contribution is 7.09. The number of nitrogens with zero attached hydrogens (tertiary/aromatic N) is 2. The predicted molar refractivity (Wildman–Crippen MR) is 76.6 cm³/mol. The predicted octanol–water partition coefficient (Wildman–Crippen LogP) is 2.83. The van der Waals surface area contributed by atoms with Gasteiger partial charge in [-0.05, 0) is 18.8 Å². The van der Waals surface area contributed by atoms with E-state index in [-0.39, 0.29) is 31.2 Å². The van der Waals surface area contributed by atoms with Crippen LogP contribution in [0, 0.1) is 5.92 Å². The van der Waals surface area contributed by atoms with Gasteiger partial charge in [0.15, 0.2) is 0 Å². The molecule has 2 N–H and O–H groups in total. The molecule has 120 valence electrons. The first-order chi connectivity index (χ1) is 9.39. The third kappa shape index (κ3) is 5.80. The van der Waals surface area contributed by atoms with Crippen molar-refractivity contribution in [1.82, 2.24) is 9.88 Å². The van der Waals surface area contributed by atoms with Crippen LogP contribution in [-0.2, 0) is 6.54 Å². The second kappa shape index (κ2) is 7.42. The van der Waals surface area contributed by atoms with Crippen LogP contribution in [-0.4, -0.2) is 35.1 Å². The molecular formula is C12H17ClF3N3OS. The molecule has 1 fully saturated rings. The van der Waals surface area contributed by atoms with Gasteiger partial charge in [0.1, 0.15) is 10.7 Å². The summed E-state index contributed by atoms with van der Waals surface area (Å²) in [6.07, 6.45) is -3.30. The van der Waals surface area contributed by atoms with Gasteiger partial charge in [-0.3, -0.25) is 4.79 Å². The molecule has 1 aromatic rings. The van der Waals surface area contributed by atoms with Gasteiger partial charge in [-0.25, -0.2) is 4.98 Å². The van der Waals surface area contributed by atoms with Crippen LogP contribution in [0.25, 0.3) is 0 Å². The zero-order valence-corrected chi connectivity index (χ0v) is 12.9. The van der Waals surface area contributed by atoms with Crippen molar-refractivity contribution in [3.63, 3.8) is 0 Å². The number of hydrogen-bond donors (Lipinski definition) is 1. The first kappa shape index (κ1) is 18.2. The molecule has 0 atom stereocenters. The standard InChI is InChI=1S/C12H16F3N3OS.ClH/c13-12(14,15)3-4-18(6-8-1-2-8)11(19)9-7-20-10(5-16)17-9;/h7-8H,1-6,16H2;1H. The van der Waals surface area contributed by atoms with Crippen molar-refractivity contribution in [2.45, 2.75) is 32.0 Å². The number of carbonyl (C=O) groups excluding carboxylic acids is 1. The summed E-state index contributed by atoms with van der Waals surface area (Å²) in [7, 11) is 0. The molecule has 1 aliphatic carbocycles. The molecule has 0 spiro atoms. The lowest BCUT2D eigenvalue weighted by Gasteiger charge is -2.22. The van der Waals surface area contributed by atoms with Crippen LogP contribution in [0.4, 0.5) is 13.2 Å². The first-order valence-corrected chi connectivity index (χ1v) is 7.27. The van der Waals surface area contributed by atoms with E-state index in [0.29, 0.717) is 17.5 Å². The van der Waals surface area contributed by atoms with Gasteiger partial charge < -0.3 is 10.6 Å². The fraction of sp³-hybridized carbons (Fsp3) is 0.667. The van der Waals surface area contributed by atoms with E-state index in [2.05, 4.69) is 4.98 Å². The Morgan fingerprint density at radius 3 is 2.62 bits per heavy atom. The van der Waals surface area contributed by atoms with E-state index >= 15 is 0 Å². The van der Waals surface area contributed by atoms with Crippen molar-refractivity contribution >= 4 is 29.7 Å². The van der Waals surface area contributed by atoms with Crippen LogP contribution >= 0.6 is 23.7 Å². The van der Waals surface area contributed by atoms with Crippen LogP contribution in [0.3, 0.4) is 0 Å². The summed E-state index contributed by atoms with van der Waals surface area (Å²) in [4.78, 5) is 17.5. The van der Waals surface area contributed by atoms with E-state index in [1.807, 2.05) is 0 Å². The molecule has 1 heterocycles. The lowest BCUT2D eigenvalue weighted by Crippen LogP contribution is -2.36. The lowest BCUT2D eigenvalue weighted by atomic mass is 10.3. The summed E-state index contributed by atoms with van der Waals surface area (Å²) in [5, 5.41) is 2.16. The maximum absolute atomic E-state index is 12.3. The van der Waals surface area contributed by atoms with E-state index in [1.165, 1.54) is 16.2 Å². The molecule has 1 aliphatic rings. The molecule has 9 heteroatoms. The number of carbonyl (C=O) groups is 1. The lowest BCUT2D eigenvalue weighted by molar-refractivity contribution is -0.136. The summed E-state index contributed by atoms with van der Waals surface area (Å²) < 4.78 is 37.0. The smallest absolute Gasteiger partial charge is 0.337 e. The minimum Gasteiger partial charge on any atom is -0.337 e. The van der Waals surface area contributed by atoms with Gasteiger partial charge in [-0.1, -0.05) is 0 Å². The molecule has 0 unspecified atom stereocenters. The SMILES string of the molecule is Cl.NCc1nc(C(=O)N(CCC(F)(F)F)CC2CC2)cs1. The zero-order valence-electron chi connectivity index (χ0n) is 11.2. The van der Waals surface area contributed by atoms with Gasteiger partial charge in [-0.2, -0.15) is 13.2 Å². The van der Waals surface area contributed by atoms with E-state index < -0.39 is 18.5 Å². The highest BCUT2D eigenvalue weighted by Gasteiger charge is 2.32. The van der Waals surface area contributed by atoms with E-state index in [9.17, 15) is 18.0 Å². The molecule has 0 aliphatic heterocycles. The highest BCUT2D eigenvalue weighted by Crippen LogP contribution is 2.31. The molecule has 21 heavy (non-hydrogen) atoms. The molecule has 1 saturated carbocycles. The van der Waals surface area contributed by atoms with Gasteiger partial charge in [0.25, 0.3) is 5.91 Å². The Hall–Kier alpha value is -0.860. The Bertz CT molecular complexity index is 477. The van der Waals surface area contributed by atoms with Crippen LogP contribution in [0.15, 0.2) is 5.38 Å². The fourth-order valence-corrected chi connectivity index (χ4v) is 2.46. The maximum atomic E-state index is 12.3. The van der Waals surface area contributed by atoms with Crippen molar-refractivity contribution < 1.29 is 18.0 Å². The minimum absolute atomic E-state index is 0. The first-order valence-electron chi connectivity index (χ1n) is 6.39. The van der Waals surface area contributed by atoms with Crippen molar-refractivity contribution in [3.8, 4) is 0 Å². The molecular weight excluding hydrogens is 327 g/mol. The second-order valence-electron chi connectivity index (χ2n) is 4.89. The van der Waals surface area contributed by atoms with Gasteiger partial charge in [0.05, 0.1) is 6.42 Å². The number of amides is 1. The molecule has 0 saturated heterocycles. The normalized spacial score (nSPS) is 14.7. The van der Waals surface area contributed by atoms with Crippen molar-refractivity contribution in [3.05, 3.63) is 16.1 Å². The molecule has 0 aromatic carbocycles. The summed E-state index contributed by atoms with van der Waals surface area (Å²) >= 11 is 1.25. The quantitative estimate of drug-likeness (QED) is 0.864. The summed E-state index contributed by atoms with van der Waals surface area (Å²) in [5.74, 6) is -0.100. The van der Waals surface area contributed by atoms with Crippen LogP contribution in [0.2, 0.25) is 0 Å². The van der Waals surface area contributed by atoms with Gasteiger partial charge >= 0.3 is 6.18 Å². The maximum Gasteiger partial charge on any atom is 0.390 e. The van der Waals surface area contributed by atoms with Gasteiger partial charge in [0.2, 0.25) is 0 Å². The fourth-order valence-electron chi connectivity index (χ4n) is 1.81.